The van der Waals surface area contributed by atoms with Gasteiger partial charge in [0.2, 0.25) is 0 Å². The van der Waals surface area contributed by atoms with Crippen molar-refractivity contribution in [3.63, 3.8) is 0 Å². The van der Waals surface area contributed by atoms with Crippen LogP contribution in [0.4, 0.5) is 5.69 Å². The first-order valence-corrected chi connectivity index (χ1v) is 8.33. The van der Waals surface area contributed by atoms with E-state index in [0.29, 0.717) is 5.58 Å². The van der Waals surface area contributed by atoms with E-state index in [2.05, 4.69) is 9.80 Å². The molecule has 0 bridgehead atoms. The molecule has 0 aliphatic carbocycles. The van der Waals surface area contributed by atoms with Gasteiger partial charge in [0.05, 0.1) is 5.69 Å². The number of piperidine rings is 1. The second kappa shape index (κ2) is 5.76. The summed E-state index contributed by atoms with van der Waals surface area (Å²) >= 11 is 0. The number of nitrogens with zero attached hydrogens (tertiary/aromatic N) is 2. The summed E-state index contributed by atoms with van der Waals surface area (Å²) in [5.74, 6) is 0. The fourth-order valence-corrected chi connectivity index (χ4v) is 3.93. The Balaban J connectivity index is 1.57. The molecule has 2 aromatic rings. The molecule has 0 amide bonds. The maximum atomic E-state index is 11.8. The summed E-state index contributed by atoms with van der Waals surface area (Å²) in [4.78, 5) is 16.8. The molecule has 4 rings (SSSR count). The van der Waals surface area contributed by atoms with Crippen LogP contribution in [0.25, 0.3) is 11.0 Å². The summed E-state index contributed by atoms with van der Waals surface area (Å²) in [6.07, 6.45) is 5.08. The van der Waals surface area contributed by atoms with E-state index in [1.165, 1.54) is 38.8 Å². The Morgan fingerprint density at radius 1 is 1.00 bits per heavy atom. The molecule has 2 saturated heterocycles. The van der Waals surface area contributed by atoms with Crippen LogP contribution in [0.2, 0.25) is 0 Å². The molecule has 2 fully saturated rings. The zero-order chi connectivity index (χ0) is 14.9. The van der Waals surface area contributed by atoms with E-state index in [1.807, 2.05) is 24.3 Å². The summed E-state index contributed by atoms with van der Waals surface area (Å²) in [7, 11) is 0. The quantitative estimate of drug-likeness (QED) is 0.799. The Hall–Kier alpha value is -1.81. The lowest BCUT2D eigenvalue weighted by molar-refractivity contribution is 0.208. The van der Waals surface area contributed by atoms with E-state index in [0.717, 1.165) is 30.2 Å². The Labute approximate surface area is 130 Å². The molecular formula is C18H22N2O2. The SMILES string of the molecule is O=c1cc(N2CCC(N3CCCC3)CC2)c2ccccc2o1. The third-order valence-electron chi connectivity index (χ3n) is 5.09. The van der Waals surface area contributed by atoms with Gasteiger partial charge in [0.15, 0.2) is 0 Å². The average molecular weight is 298 g/mol. The summed E-state index contributed by atoms with van der Waals surface area (Å²) in [6.45, 7) is 4.58. The molecule has 0 radical (unpaired) electrons. The number of hydrogen-bond acceptors (Lipinski definition) is 4. The zero-order valence-corrected chi connectivity index (χ0v) is 12.8. The van der Waals surface area contributed by atoms with Crippen molar-refractivity contribution in [1.29, 1.82) is 0 Å². The van der Waals surface area contributed by atoms with Gasteiger partial charge in [-0.05, 0) is 50.9 Å². The van der Waals surface area contributed by atoms with Crippen molar-refractivity contribution in [2.24, 2.45) is 0 Å². The maximum absolute atomic E-state index is 11.8. The number of likely N-dealkylation sites (tertiary alicyclic amines) is 1. The van der Waals surface area contributed by atoms with Crippen molar-refractivity contribution in [3.05, 3.63) is 40.8 Å². The first-order valence-electron chi connectivity index (χ1n) is 8.33. The summed E-state index contributed by atoms with van der Waals surface area (Å²) in [5.41, 5.74) is 1.47. The topological polar surface area (TPSA) is 36.7 Å². The van der Waals surface area contributed by atoms with Gasteiger partial charge in [-0.1, -0.05) is 12.1 Å². The minimum Gasteiger partial charge on any atom is -0.423 e. The molecule has 116 valence electrons. The predicted molar refractivity (Wildman–Crippen MR) is 88.5 cm³/mol. The molecule has 4 heteroatoms. The number of hydrogen-bond donors (Lipinski definition) is 0. The van der Waals surface area contributed by atoms with Crippen molar-refractivity contribution in [3.8, 4) is 0 Å². The molecule has 2 aliphatic heterocycles. The zero-order valence-electron chi connectivity index (χ0n) is 12.8. The van der Waals surface area contributed by atoms with Crippen molar-refractivity contribution in [1.82, 2.24) is 4.90 Å². The Bertz CT molecular complexity index is 710. The molecule has 22 heavy (non-hydrogen) atoms. The van der Waals surface area contributed by atoms with Gasteiger partial charge in [0.25, 0.3) is 0 Å². The predicted octanol–water partition coefficient (Wildman–Crippen LogP) is 2.86. The largest absolute Gasteiger partial charge is 0.423 e. The number of anilines is 1. The molecule has 4 nitrogen and oxygen atoms in total. The molecule has 1 aromatic heterocycles. The van der Waals surface area contributed by atoms with Crippen molar-refractivity contribution >= 4 is 16.7 Å². The van der Waals surface area contributed by atoms with Gasteiger partial charge in [-0.25, -0.2) is 4.79 Å². The van der Waals surface area contributed by atoms with Crippen molar-refractivity contribution in [2.75, 3.05) is 31.1 Å². The highest BCUT2D eigenvalue weighted by Crippen LogP contribution is 2.29. The summed E-state index contributed by atoms with van der Waals surface area (Å²) in [6, 6.07) is 10.2. The van der Waals surface area contributed by atoms with Gasteiger partial charge in [0.1, 0.15) is 5.58 Å². The first kappa shape index (κ1) is 13.8. The van der Waals surface area contributed by atoms with Crippen LogP contribution in [0.15, 0.2) is 39.5 Å². The van der Waals surface area contributed by atoms with Crippen LogP contribution >= 0.6 is 0 Å². The summed E-state index contributed by atoms with van der Waals surface area (Å²) in [5, 5.41) is 1.04. The lowest BCUT2D eigenvalue weighted by Crippen LogP contribution is -2.44. The highest BCUT2D eigenvalue weighted by atomic mass is 16.4. The number of rotatable bonds is 2. The van der Waals surface area contributed by atoms with E-state index >= 15 is 0 Å². The van der Waals surface area contributed by atoms with Crippen molar-refractivity contribution < 1.29 is 4.42 Å². The molecule has 0 spiro atoms. The number of para-hydroxylation sites is 1. The van der Waals surface area contributed by atoms with Gasteiger partial charge in [-0.2, -0.15) is 0 Å². The van der Waals surface area contributed by atoms with Crippen LogP contribution in [0.1, 0.15) is 25.7 Å². The van der Waals surface area contributed by atoms with E-state index in [1.54, 1.807) is 6.07 Å². The van der Waals surface area contributed by atoms with Crippen LogP contribution < -0.4 is 10.5 Å². The fourth-order valence-electron chi connectivity index (χ4n) is 3.93. The van der Waals surface area contributed by atoms with Gasteiger partial charge in [-0.15, -0.1) is 0 Å². The van der Waals surface area contributed by atoms with E-state index in [4.69, 9.17) is 4.42 Å². The maximum Gasteiger partial charge on any atom is 0.338 e. The van der Waals surface area contributed by atoms with Crippen LogP contribution in [-0.2, 0) is 0 Å². The van der Waals surface area contributed by atoms with Gasteiger partial charge in [0, 0.05) is 30.6 Å². The van der Waals surface area contributed by atoms with Gasteiger partial charge < -0.3 is 14.2 Å². The third kappa shape index (κ3) is 2.52. The van der Waals surface area contributed by atoms with Crippen LogP contribution in [0.3, 0.4) is 0 Å². The molecule has 0 saturated carbocycles. The Kier molecular flexibility index (Phi) is 3.62. The standard InChI is InChI=1S/C18H22N2O2/c21-18-13-16(15-5-1-2-6-17(15)22-18)20-11-7-14(8-12-20)19-9-3-4-10-19/h1-2,5-6,13-14H,3-4,7-12H2. The van der Waals surface area contributed by atoms with E-state index < -0.39 is 0 Å². The highest BCUT2D eigenvalue weighted by Gasteiger charge is 2.27. The number of benzene rings is 1. The second-order valence-electron chi connectivity index (χ2n) is 6.41. The molecule has 3 heterocycles. The molecular weight excluding hydrogens is 276 g/mol. The second-order valence-corrected chi connectivity index (χ2v) is 6.41. The lowest BCUT2D eigenvalue weighted by Gasteiger charge is -2.38. The lowest BCUT2D eigenvalue weighted by atomic mass is 10.0. The minimum absolute atomic E-state index is 0.254. The highest BCUT2D eigenvalue weighted by molar-refractivity contribution is 5.90. The molecule has 2 aliphatic rings. The average Bonchev–Trinajstić information content (AvgIpc) is 3.09. The monoisotopic (exact) mass is 298 g/mol. The first-order chi connectivity index (χ1) is 10.8. The van der Waals surface area contributed by atoms with Crippen LogP contribution in [0, 0.1) is 0 Å². The van der Waals surface area contributed by atoms with E-state index in [-0.39, 0.29) is 5.63 Å². The van der Waals surface area contributed by atoms with E-state index in [9.17, 15) is 4.79 Å². The van der Waals surface area contributed by atoms with Crippen molar-refractivity contribution in [2.45, 2.75) is 31.7 Å². The third-order valence-corrected chi connectivity index (χ3v) is 5.09. The van der Waals surface area contributed by atoms with Gasteiger partial charge >= 0.3 is 5.63 Å². The Morgan fingerprint density at radius 2 is 1.73 bits per heavy atom. The molecule has 0 N–H and O–H groups in total. The number of fused-ring (bicyclic) bond motifs is 1. The molecule has 0 atom stereocenters. The van der Waals surface area contributed by atoms with Gasteiger partial charge in [-0.3, -0.25) is 0 Å². The molecule has 1 aromatic carbocycles. The van der Waals surface area contributed by atoms with Crippen LogP contribution in [-0.4, -0.2) is 37.1 Å². The fraction of sp³-hybridized carbons (Fsp3) is 0.500. The normalized spacial score (nSPS) is 20.8. The molecule has 0 unspecified atom stereocenters. The smallest absolute Gasteiger partial charge is 0.338 e. The summed E-state index contributed by atoms with van der Waals surface area (Å²) < 4.78 is 5.31. The van der Waals surface area contributed by atoms with Crippen LogP contribution in [0.5, 0.6) is 0 Å². The minimum atomic E-state index is -0.254. The Morgan fingerprint density at radius 3 is 2.50 bits per heavy atom.